The molecule has 1 fully saturated rings. The molecule has 0 aromatic heterocycles. The number of carbonyl (C=O) groups is 1. The number of rotatable bonds is 2. The predicted molar refractivity (Wildman–Crippen MR) is 67.0 cm³/mol. The third-order valence-corrected chi connectivity index (χ3v) is 3.89. The highest BCUT2D eigenvalue weighted by Crippen LogP contribution is 2.39. The lowest BCUT2D eigenvalue weighted by molar-refractivity contribution is -0.141. The summed E-state index contributed by atoms with van der Waals surface area (Å²) in [5.41, 5.74) is 1.55. The van der Waals surface area contributed by atoms with Crippen molar-refractivity contribution in [1.82, 2.24) is 5.32 Å². The van der Waals surface area contributed by atoms with Gasteiger partial charge in [0.1, 0.15) is 5.75 Å². The van der Waals surface area contributed by atoms with Crippen molar-refractivity contribution in [3.05, 3.63) is 27.7 Å². The first-order chi connectivity index (χ1) is 8.00. The van der Waals surface area contributed by atoms with Crippen LogP contribution in [0.25, 0.3) is 0 Å². The first-order valence-electron chi connectivity index (χ1n) is 5.45. The number of carboxylic acid groups (broad SMARTS) is 1. The second kappa shape index (κ2) is 4.66. The van der Waals surface area contributed by atoms with E-state index in [0.717, 1.165) is 15.6 Å². The summed E-state index contributed by atoms with van der Waals surface area (Å²) in [5.74, 6) is -0.932. The molecule has 4 nitrogen and oxygen atoms in total. The van der Waals surface area contributed by atoms with Crippen LogP contribution in [0.3, 0.4) is 0 Å². The van der Waals surface area contributed by atoms with Gasteiger partial charge in [-0.05, 0) is 25.0 Å². The van der Waals surface area contributed by atoms with Crippen molar-refractivity contribution in [2.45, 2.75) is 19.4 Å². The lowest BCUT2D eigenvalue weighted by atomic mass is 9.98. The minimum Gasteiger partial charge on any atom is -0.507 e. The smallest absolute Gasteiger partial charge is 0.307 e. The van der Waals surface area contributed by atoms with Crippen LogP contribution in [0.15, 0.2) is 16.6 Å². The number of halogens is 1. The summed E-state index contributed by atoms with van der Waals surface area (Å²) in [4.78, 5) is 10.9. The first-order valence-corrected chi connectivity index (χ1v) is 6.24. The summed E-state index contributed by atoms with van der Waals surface area (Å²) in [7, 11) is 0. The molecular weight excluding hydrogens is 286 g/mol. The van der Waals surface area contributed by atoms with Crippen LogP contribution in [0.4, 0.5) is 0 Å². The number of aliphatic carboxylic acids is 1. The molecule has 2 rings (SSSR count). The average molecular weight is 300 g/mol. The molecule has 2 unspecified atom stereocenters. The van der Waals surface area contributed by atoms with Crippen molar-refractivity contribution in [3.63, 3.8) is 0 Å². The summed E-state index contributed by atoms with van der Waals surface area (Å²) in [6.07, 6.45) is 0.505. The van der Waals surface area contributed by atoms with Crippen LogP contribution < -0.4 is 5.32 Å². The molecule has 5 heteroatoms. The van der Waals surface area contributed by atoms with Gasteiger partial charge >= 0.3 is 5.97 Å². The predicted octanol–water partition coefficient (Wildman–Crippen LogP) is 2.20. The molecular formula is C12H14BrNO3. The van der Waals surface area contributed by atoms with Crippen molar-refractivity contribution in [1.29, 1.82) is 0 Å². The lowest BCUT2D eigenvalue weighted by Crippen LogP contribution is -2.17. The molecule has 2 atom stereocenters. The Hall–Kier alpha value is -1.07. The van der Waals surface area contributed by atoms with Crippen LogP contribution in [0.5, 0.6) is 5.75 Å². The maximum atomic E-state index is 10.9. The normalized spacial score (nSPS) is 23.9. The largest absolute Gasteiger partial charge is 0.507 e. The Labute approximate surface area is 108 Å². The van der Waals surface area contributed by atoms with Crippen molar-refractivity contribution in [2.75, 3.05) is 6.54 Å². The molecule has 1 aliphatic rings. The second-order valence-electron chi connectivity index (χ2n) is 4.36. The molecule has 92 valence electrons. The second-order valence-corrected chi connectivity index (χ2v) is 5.21. The molecule has 0 bridgehead atoms. The van der Waals surface area contributed by atoms with Gasteiger partial charge in [0.25, 0.3) is 0 Å². The van der Waals surface area contributed by atoms with Gasteiger partial charge in [0, 0.05) is 22.6 Å². The van der Waals surface area contributed by atoms with E-state index in [1.807, 2.05) is 19.1 Å². The summed E-state index contributed by atoms with van der Waals surface area (Å²) in [5, 5.41) is 22.1. The van der Waals surface area contributed by atoms with Gasteiger partial charge in [0.15, 0.2) is 0 Å². The van der Waals surface area contributed by atoms with E-state index in [2.05, 4.69) is 21.2 Å². The van der Waals surface area contributed by atoms with E-state index < -0.39 is 5.97 Å². The molecule has 17 heavy (non-hydrogen) atoms. The zero-order valence-corrected chi connectivity index (χ0v) is 11.0. The summed E-state index contributed by atoms with van der Waals surface area (Å²) < 4.78 is 0.809. The van der Waals surface area contributed by atoms with Gasteiger partial charge in [-0.2, -0.15) is 0 Å². The Kier molecular flexibility index (Phi) is 3.40. The molecule has 0 aliphatic carbocycles. The number of phenolic OH excluding ortho intramolecular Hbond substituents is 1. The van der Waals surface area contributed by atoms with Crippen LogP contribution in [0.2, 0.25) is 0 Å². The number of hydrogen-bond acceptors (Lipinski definition) is 3. The van der Waals surface area contributed by atoms with Gasteiger partial charge < -0.3 is 15.5 Å². The molecule has 0 saturated carbocycles. The monoisotopic (exact) mass is 299 g/mol. The van der Waals surface area contributed by atoms with E-state index in [1.165, 1.54) is 0 Å². The Morgan fingerprint density at radius 3 is 2.82 bits per heavy atom. The molecule has 0 amide bonds. The van der Waals surface area contributed by atoms with Gasteiger partial charge in [0.05, 0.1) is 5.92 Å². The fourth-order valence-electron chi connectivity index (χ4n) is 2.17. The van der Waals surface area contributed by atoms with Crippen LogP contribution in [0, 0.1) is 12.8 Å². The van der Waals surface area contributed by atoms with Crippen LogP contribution in [-0.2, 0) is 4.79 Å². The number of phenols is 1. The van der Waals surface area contributed by atoms with Crippen molar-refractivity contribution < 1.29 is 15.0 Å². The molecule has 1 aromatic carbocycles. The van der Waals surface area contributed by atoms with Gasteiger partial charge in [-0.3, -0.25) is 4.79 Å². The van der Waals surface area contributed by atoms with E-state index in [0.29, 0.717) is 13.0 Å². The number of hydrogen-bond donors (Lipinski definition) is 3. The third-order valence-electron chi connectivity index (χ3n) is 3.19. The van der Waals surface area contributed by atoms with E-state index in [1.54, 1.807) is 0 Å². The molecule has 1 heterocycles. The average Bonchev–Trinajstić information content (AvgIpc) is 2.73. The maximum Gasteiger partial charge on any atom is 0.307 e. The van der Waals surface area contributed by atoms with Gasteiger partial charge in [-0.1, -0.05) is 22.0 Å². The number of benzene rings is 1. The Morgan fingerprint density at radius 2 is 2.24 bits per heavy atom. The van der Waals surface area contributed by atoms with E-state index >= 15 is 0 Å². The Balaban J connectivity index is 2.30. The fraction of sp³-hybridized carbons (Fsp3) is 0.417. The van der Waals surface area contributed by atoms with Crippen LogP contribution >= 0.6 is 15.9 Å². The topological polar surface area (TPSA) is 69.6 Å². The molecule has 1 aliphatic heterocycles. The zero-order valence-electron chi connectivity index (χ0n) is 9.40. The number of aromatic hydroxyl groups is 1. The number of aryl methyl sites for hydroxylation is 1. The summed E-state index contributed by atoms with van der Waals surface area (Å²) in [6.45, 7) is 2.27. The van der Waals surface area contributed by atoms with Gasteiger partial charge in [-0.15, -0.1) is 0 Å². The summed E-state index contributed by atoms with van der Waals surface area (Å²) >= 11 is 3.40. The summed E-state index contributed by atoms with van der Waals surface area (Å²) in [6, 6.07) is 3.59. The highest BCUT2D eigenvalue weighted by atomic mass is 79.9. The SMILES string of the molecule is Cc1ccc(Br)c(C2CC(C(=O)O)CN2)c1O. The molecule has 3 N–H and O–H groups in total. The van der Waals surface area contributed by atoms with E-state index in [-0.39, 0.29) is 17.7 Å². The van der Waals surface area contributed by atoms with Gasteiger partial charge in [-0.25, -0.2) is 0 Å². The lowest BCUT2D eigenvalue weighted by Gasteiger charge is -2.16. The number of nitrogens with one attached hydrogen (secondary N) is 1. The molecule has 1 aromatic rings. The van der Waals surface area contributed by atoms with Crippen molar-refractivity contribution >= 4 is 21.9 Å². The van der Waals surface area contributed by atoms with E-state index in [9.17, 15) is 9.90 Å². The highest BCUT2D eigenvalue weighted by molar-refractivity contribution is 9.10. The number of carboxylic acids is 1. The molecule has 0 radical (unpaired) electrons. The minimum absolute atomic E-state index is 0.106. The Morgan fingerprint density at radius 1 is 1.53 bits per heavy atom. The Bertz CT molecular complexity index is 461. The van der Waals surface area contributed by atoms with Crippen LogP contribution in [0.1, 0.15) is 23.6 Å². The quantitative estimate of drug-likeness (QED) is 0.783. The van der Waals surface area contributed by atoms with Gasteiger partial charge in [0.2, 0.25) is 0 Å². The molecule has 0 spiro atoms. The molecule has 1 saturated heterocycles. The van der Waals surface area contributed by atoms with E-state index in [4.69, 9.17) is 5.11 Å². The highest BCUT2D eigenvalue weighted by Gasteiger charge is 2.32. The van der Waals surface area contributed by atoms with Crippen LogP contribution in [-0.4, -0.2) is 22.7 Å². The maximum absolute atomic E-state index is 10.9. The first kappa shape index (κ1) is 12.4. The third kappa shape index (κ3) is 2.30. The standard InChI is InChI=1S/C12H14BrNO3/c1-6-2-3-8(13)10(11(6)15)9-4-7(5-14-9)12(16)17/h2-3,7,9,14-15H,4-5H2,1H3,(H,16,17). The fourth-order valence-corrected chi connectivity index (χ4v) is 2.76. The minimum atomic E-state index is -0.789. The van der Waals surface area contributed by atoms with Crippen molar-refractivity contribution in [3.8, 4) is 5.75 Å². The zero-order chi connectivity index (χ0) is 12.6. The van der Waals surface area contributed by atoms with Crippen molar-refractivity contribution in [2.24, 2.45) is 5.92 Å².